The molecule has 0 bridgehead atoms. The second-order valence-corrected chi connectivity index (χ2v) is 14.4. The van der Waals surface area contributed by atoms with Crippen molar-refractivity contribution in [2.24, 2.45) is 0 Å². The van der Waals surface area contributed by atoms with E-state index in [1.165, 1.54) is 38.5 Å². The van der Waals surface area contributed by atoms with Gasteiger partial charge in [0.15, 0.2) is 0 Å². The van der Waals surface area contributed by atoms with Gasteiger partial charge in [-0.25, -0.2) is 0 Å². The van der Waals surface area contributed by atoms with E-state index in [9.17, 15) is 36.9 Å². The minimum Gasteiger partial charge on any atom is -0.391 e. The molecule has 0 aliphatic carbocycles. The molecule has 0 saturated carbocycles. The second-order valence-electron chi connectivity index (χ2n) is 11.4. The third-order valence-corrected chi connectivity index (χ3v) is 8.76. The number of allylic oxidation sites excluding steroid dienone is 2. The summed E-state index contributed by atoms with van der Waals surface area (Å²) in [5.41, 5.74) is 0. The van der Waals surface area contributed by atoms with Crippen LogP contribution in [0.4, 0.5) is 0 Å². The van der Waals surface area contributed by atoms with Crippen LogP contribution >= 0.6 is 0 Å². The van der Waals surface area contributed by atoms with Gasteiger partial charge in [-0.05, 0) is 32.1 Å². The van der Waals surface area contributed by atoms with Crippen LogP contribution in [-0.4, -0.2) is 115 Å². The van der Waals surface area contributed by atoms with Crippen molar-refractivity contribution in [1.29, 1.82) is 0 Å². The number of nitrogens with one attached hydrogen (secondary N) is 1. The molecule has 0 fully saturated rings. The van der Waals surface area contributed by atoms with E-state index in [1.807, 2.05) is 0 Å². The molecule has 14 heteroatoms. The van der Waals surface area contributed by atoms with Crippen molar-refractivity contribution in [1.82, 2.24) is 5.32 Å². The number of hydrogen-bond donors (Lipinski definition) is 6. The summed E-state index contributed by atoms with van der Waals surface area (Å²) >= 11 is 0. The summed E-state index contributed by atoms with van der Waals surface area (Å²) in [5, 5.41) is 32.8. The van der Waals surface area contributed by atoms with Gasteiger partial charge in [0, 0.05) is 6.42 Å². The van der Waals surface area contributed by atoms with Gasteiger partial charge in [-0.1, -0.05) is 70.4 Å². The molecule has 0 aromatic rings. The summed E-state index contributed by atoms with van der Waals surface area (Å²) in [4.78, 5) is 12.3. The third-order valence-electron chi connectivity index (χ3n) is 7.15. The van der Waals surface area contributed by atoms with E-state index in [1.54, 1.807) is 0 Å². The standard InChI is InChI=1S/C28H56N2O10S2/c1-2-3-4-5-6-7-8-9-10-11-12-13-14-15-16-17-28(34)29-18-19-30(20-21-31,22-26(32)24-41(35,36)37)23-27(33)25-42(38,39)40/h9-10,26-27,31-33H,2-8,11-25H2,1H3,(H2-,29,34,35,36,37,38,39,40)/p+1/b10-9-. The molecule has 0 aromatic heterocycles. The Kier molecular flexibility index (Phi) is 22.7. The van der Waals surface area contributed by atoms with Gasteiger partial charge >= 0.3 is 0 Å². The monoisotopic (exact) mass is 645 g/mol. The van der Waals surface area contributed by atoms with E-state index in [0.29, 0.717) is 6.42 Å². The van der Waals surface area contributed by atoms with E-state index >= 15 is 0 Å². The van der Waals surface area contributed by atoms with E-state index in [-0.39, 0.29) is 43.1 Å². The van der Waals surface area contributed by atoms with Crippen molar-refractivity contribution in [2.75, 3.05) is 50.8 Å². The summed E-state index contributed by atoms with van der Waals surface area (Å²) < 4.78 is 62.6. The number of amides is 1. The molecule has 2 atom stereocenters. The lowest BCUT2D eigenvalue weighted by atomic mass is 10.1. The van der Waals surface area contributed by atoms with Crippen LogP contribution in [0.1, 0.15) is 96.8 Å². The summed E-state index contributed by atoms with van der Waals surface area (Å²) in [6.45, 7) is 1.06. The highest BCUT2D eigenvalue weighted by Gasteiger charge is 2.35. The molecule has 6 N–H and O–H groups in total. The average Bonchev–Trinajstić information content (AvgIpc) is 2.84. The van der Waals surface area contributed by atoms with E-state index in [2.05, 4.69) is 24.4 Å². The summed E-state index contributed by atoms with van der Waals surface area (Å²) in [7, 11) is -9.05. The highest BCUT2D eigenvalue weighted by Crippen LogP contribution is 2.13. The molecule has 1 amide bonds. The van der Waals surface area contributed by atoms with Gasteiger partial charge < -0.3 is 25.1 Å². The van der Waals surface area contributed by atoms with Crippen LogP contribution in [0.5, 0.6) is 0 Å². The molecule has 0 spiro atoms. The fourth-order valence-corrected chi connectivity index (χ4v) is 6.31. The van der Waals surface area contributed by atoms with Crippen LogP contribution in [0.25, 0.3) is 0 Å². The molecule has 0 heterocycles. The Hall–Kier alpha value is -1.13. The SMILES string of the molecule is CCCCCCCC/C=C\CCCCCCCC(=O)NCC[N+](CCO)(CC(O)CS(=O)(=O)O)CC(O)CS(=O)(=O)O. The Balaban J connectivity index is 4.49. The summed E-state index contributed by atoms with van der Waals surface area (Å²) in [6.07, 6.45) is 16.6. The highest BCUT2D eigenvalue weighted by molar-refractivity contribution is 7.86. The first-order chi connectivity index (χ1) is 19.7. The number of carbonyl (C=O) groups is 1. The molecule has 0 aliphatic rings. The first kappa shape index (κ1) is 40.9. The van der Waals surface area contributed by atoms with Gasteiger partial charge in [0.05, 0.1) is 19.7 Å². The second kappa shape index (κ2) is 23.3. The average molecular weight is 646 g/mol. The summed E-state index contributed by atoms with van der Waals surface area (Å²) in [5.74, 6) is -2.18. The van der Waals surface area contributed by atoms with Gasteiger partial charge in [-0.3, -0.25) is 13.9 Å². The fraction of sp³-hybridized carbons (Fsp3) is 0.893. The maximum atomic E-state index is 12.3. The molecular formula is C28H57N2O10S2+. The Morgan fingerprint density at radius 3 is 1.64 bits per heavy atom. The van der Waals surface area contributed by atoms with Crippen molar-refractivity contribution in [3.05, 3.63) is 12.2 Å². The van der Waals surface area contributed by atoms with Gasteiger partial charge in [0.25, 0.3) is 20.2 Å². The van der Waals surface area contributed by atoms with E-state index in [0.717, 1.165) is 44.9 Å². The minimum atomic E-state index is -4.53. The molecule has 2 unspecified atom stereocenters. The van der Waals surface area contributed by atoms with Crippen LogP contribution < -0.4 is 5.32 Å². The number of hydrogen-bond acceptors (Lipinski definition) is 8. The summed E-state index contributed by atoms with van der Waals surface area (Å²) in [6, 6.07) is 0. The fourth-order valence-electron chi connectivity index (χ4n) is 5.13. The highest BCUT2D eigenvalue weighted by atomic mass is 32.2. The van der Waals surface area contributed by atoms with Crippen molar-refractivity contribution < 1.29 is 50.5 Å². The van der Waals surface area contributed by atoms with Crippen LogP contribution in [0.2, 0.25) is 0 Å². The zero-order chi connectivity index (χ0) is 31.9. The van der Waals surface area contributed by atoms with Crippen LogP contribution in [-0.2, 0) is 25.0 Å². The Morgan fingerprint density at radius 2 is 1.19 bits per heavy atom. The predicted molar refractivity (Wildman–Crippen MR) is 164 cm³/mol. The number of quaternary nitrogens is 1. The van der Waals surface area contributed by atoms with Gasteiger partial charge in [-0.15, -0.1) is 0 Å². The molecule has 12 nitrogen and oxygen atoms in total. The number of nitrogens with zero attached hydrogens (tertiary/aromatic N) is 1. The lowest BCUT2D eigenvalue weighted by molar-refractivity contribution is -0.932. The Bertz CT molecular complexity index is 900. The van der Waals surface area contributed by atoms with Crippen LogP contribution in [0.15, 0.2) is 12.2 Å². The molecule has 42 heavy (non-hydrogen) atoms. The smallest absolute Gasteiger partial charge is 0.267 e. The lowest BCUT2D eigenvalue weighted by Gasteiger charge is -2.40. The molecule has 250 valence electrons. The van der Waals surface area contributed by atoms with E-state index < -0.39 is 50.6 Å². The maximum absolute atomic E-state index is 12.3. The first-order valence-electron chi connectivity index (χ1n) is 15.4. The van der Waals surface area contributed by atoms with Crippen molar-refractivity contribution in [3.63, 3.8) is 0 Å². The Labute approximate surface area is 253 Å². The molecule has 0 aromatic carbocycles. The van der Waals surface area contributed by atoms with Gasteiger partial charge in [0.2, 0.25) is 5.91 Å². The third kappa shape index (κ3) is 25.4. The van der Waals surface area contributed by atoms with Gasteiger partial charge in [0.1, 0.15) is 43.3 Å². The minimum absolute atomic E-state index is 0.0315. The number of rotatable bonds is 28. The van der Waals surface area contributed by atoms with Crippen molar-refractivity contribution in [2.45, 2.75) is 109 Å². The number of unbranched alkanes of at least 4 members (excludes halogenated alkanes) is 11. The lowest BCUT2D eigenvalue weighted by Crippen LogP contribution is -2.60. The predicted octanol–water partition coefficient (Wildman–Crippen LogP) is 2.45. The largest absolute Gasteiger partial charge is 0.391 e. The number of carbonyl (C=O) groups excluding carboxylic acids is 1. The topological polar surface area (TPSA) is 199 Å². The van der Waals surface area contributed by atoms with E-state index in [4.69, 9.17) is 9.11 Å². The first-order valence-corrected chi connectivity index (χ1v) is 18.6. The van der Waals surface area contributed by atoms with Crippen LogP contribution in [0.3, 0.4) is 0 Å². The number of aliphatic hydroxyl groups excluding tert-OH is 3. The molecular weight excluding hydrogens is 588 g/mol. The zero-order valence-electron chi connectivity index (χ0n) is 25.4. The van der Waals surface area contributed by atoms with Crippen LogP contribution in [0, 0.1) is 0 Å². The quantitative estimate of drug-likeness (QED) is 0.0318. The normalized spacial score (nSPS) is 15.5. The molecule has 0 saturated heterocycles. The Morgan fingerprint density at radius 1 is 0.738 bits per heavy atom. The van der Waals surface area contributed by atoms with Crippen molar-refractivity contribution in [3.8, 4) is 0 Å². The zero-order valence-corrected chi connectivity index (χ0v) is 27.0. The maximum Gasteiger partial charge on any atom is 0.267 e. The molecule has 0 radical (unpaired) electrons. The number of aliphatic hydroxyl groups is 3. The van der Waals surface area contributed by atoms with Gasteiger partial charge in [-0.2, -0.15) is 16.8 Å². The van der Waals surface area contributed by atoms with Crippen molar-refractivity contribution >= 4 is 26.1 Å². The molecule has 0 rings (SSSR count). The molecule has 0 aliphatic heterocycles.